The normalized spacial score (nSPS) is 21.0. The molecule has 0 bridgehead atoms. The van der Waals surface area contributed by atoms with Gasteiger partial charge in [-0.2, -0.15) is 16.1 Å². The van der Waals surface area contributed by atoms with E-state index in [1.807, 2.05) is 16.7 Å². The molecule has 2 aliphatic rings. The molecule has 0 N–H and O–H groups in total. The molecule has 1 aromatic carbocycles. The third-order valence-corrected chi connectivity index (χ3v) is 7.64. The SMILES string of the molecule is CC1CCN(S(=O)(=O)c2ccc(C(=O)N3CCSCC3)cc2)CC1. The van der Waals surface area contributed by atoms with Gasteiger partial charge in [-0.1, -0.05) is 6.92 Å². The Bertz CT molecular complexity index is 674. The van der Waals surface area contributed by atoms with Crippen LogP contribution in [0.4, 0.5) is 0 Å². The zero-order chi connectivity index (χ0) is 17.2. The van der Waals surface area contributed by atoms with Crippen LogP contribution in [-0.4, -0.2) is 61.2 Å². The molecular formula is C17H24N2O3S2. The Morgan fingerprint density at radius 2 is 1.62 bits per heavy atom. The summed E-state index contributed by atoms with van der Waals surface area (Å²) in [6.07, 6.45) is 1.81. The number of hydrogen-bond donors (Lipinski definition) is 0. The molecular weight excluding hydrogens is 344 g/mol. The fraction of sp³-hybridized carbons (Fsp3) is 0.588. The topological polar surface area (TPSA) is 57.7 Å². The molecule has 2 aliphatic heterocycles. The second-order valence-electron chi connectivity index (χ2n) is 6.52. The summed E-state index contributed by atoms with van der Waals surface area (Å²) >= 11 is 1.85. The molecule has 2 heterocycles. The average molecular weight is 369 g/mol. The van der Waals surface area contributed by atoms with Crippen LogP contribution in [0.3, 0.4) is 0 Å². The van der Waals surface area contributed by atoms with Crippen LogP contribution in [0.5, 0.6) is 0 Å². The van der Waals surface area contributed by atoms with Gasteiger partial charge >= 0.3 is 0 Å². The van der Waals surface area contributed by atoms with E-state index in [1.165, 1.54) is 0 Å². The van der Waals surface area contributed by atoms with E-state index in [-0.39, 0.29) is 10.8 Å². The summed E-state index contributed by atoms with van der Waals surface area (Å²) in [6, 6.07) is 6.42. The molecule has 0 saturated carbocycles. The number of carbonyl (C=O) groups is 1. The number of benzene rings is 1. The highest BCUT2D eigenvalue weighted by Crippen LogP contribution is 2.24. The first-order valence-corrected chi connectivity index (χ1v) is 11.1. The van der Waals surface area contributed by atoms with Crippen LogP contribution < -0.4 is 0 Å². The maximum absolute atomic E-state index is 12.7. The van der Waals surface area contributed by atoms with Gasteiger partial charge in [0.1, 0.15) is 0 Å². The minimum absolute atomic E-state index is 0.00829. The van der Waals surface area contributed by atoms with Crippen LogP contribution in [0, 0.1) is 5.92 Å². The lowest BCUT2D eigenvalue weighted by Crippen LogP contribution is -2.38. The van der Waals surface area contributed by atoms with Gasteiger partial charge in [0.25, 0.3) is 5.91 Å². The number of nitrogens with zero attached hydrogens (tertiary/aromatic N) is 2. The van der Waals surface area contributed by atoms with Crippen LogP contribution in [0.1, 0.15) is 30.1 Å². The third kappa shape index (κ3) is 3.78. The number of carbonyl (C=O) groups excluding carboxylic acids is 1. The molecule has 1 amide bonds. The van der Waals surface area contributed by atoms with Crippen molar-refractivity contribution in [2.75, 3.05) is 37.7 Å². The molecule has 0 atom stereocenters. The molecule has 5 nitrogen and oxygen atoms in total. The predicted molar refractivity (Wildman–Crippen MR) is 96.8 cm³/mol. The minimum Gasteiger partial charge on any atom is -0.337 e. The lowest BCUT2D eigenvalue weighted by atomic mass is 10.0. The van der Waals surface area contributed by atoms with Crippen molar-refractivity contribution in [3.05, 3.63) is 29.8 Å². The van der Waals surface area contributed by atoms with E-state index in [0.717, 1.165) is 37.4 Å². The maximum atomic E-state index is 12.7. The summed E-state index contributed by atoms with van der Waals surface area (Å²) < 4.78 is 27.0. The molecule has 0 spiro atoms. The van der Waals surface area contributed by atoms with E-state index in [9.17, 15) is 13.2 Å². The van der Waals surface area contributed by atoms with Gasteiger partial charge in [-0.3, -0.25) is 4.79 Å². The molecule has 0 aliphatic carbocycles. The third-order valence-electron chi connectivity index (χ3n) is 4.78. The maximum Gasteiger partial charge on any atom is 0.253 e. The van der Waals surface area contributed by atoms with Gasteiger partial charge in [0.05, 0.1) is 4.90 Å². The highest BCUT2D eigenvalue weighted by molar-refractivity contribution is 7.99. The summed E-state index contributed by atoms with van der Waals surface area (Å²) in [5.74, 6) is 2.50. The second kappa shape index (κ2) is 7.45. The van der Waals surface area contributed by atoms with Crippen molar-refractivity contribution < 1.29 is 13.2 Å². The largest absolute Gasteiger partial charge is 0.337 e. The van der Waals surface area contributed by atoms with Gasteiger partial charge in [-0.25, -0.2) is 8.42 Å². The molecule has 1 aromatic rings. The summed E-state index contributed by atoms with van der Waals surface area (Å²) in [4.78, 5) is 14.6. The quantitative estimate of drug-likeness (QED) is 0.821. The van der Waals surface area contributed by atoms with Crippen LogP contribution in [0.15, 0.2) is 29.2 Å². The molecule has 2 saturated heterocycles. The Balaban J connectivity index is 1.72. The first-order chi connectivity index (χ1) is 11.5. The van der Waals surface area contributed by atoms with E-state index < -0.39 is 10.0 Å². The van der Waals surface area contributed by atoms with E-state index >= 15 is 0 Å². The van der Waals surface area contributed by atoms with Crippen LogP contribution in [0.25, 0.3) is 0 Å². The molecule has 0 unspecified atom stereocenters. The Labute approximate surface area is 148 Å². The van der Waals surface area contributed by atoms with Crippen molar-refractivity contribution in [2.24, 2.45) is 5.92 Å². The van der Waals surface area contributed by atoms with Crippen LogP contribution in [-0.2, 0) is 10.0 Å². The smallest absolute Gasteiger partial charge is 0.253 e. The van der Waals surface area contributed by atoms with Crippen LogP contribution in [0.2, 0.25) is 0 Å². The van der Waals surface area contributed by atoms with Crippen molar-refractivity contribution in [3.8, 4) is 0 Å². The van der Waals surface area contributed by atoms with E-state index in [1.54, 1.807) is 28.6 Å². The van der Waals surface area contributed by atoms with E-state index in [2.05, 4.69) is 6.92 Å². The minimum atomic E-state index is -3.45. The van der Waals surface area contributed by atoms with E-state index in [4.69, 9.17) is 0 Å². The highest BCUT2D eigenvalue weighted by atomic mass is 32.2. The molecule has 0 radical (unpaired) electrons. The average Bonchev–Trinajstić information content (AvgIpc) is 2.62. The lowest BCUT2D eigenvalue weighted by Gasteiger charge is -2.29. The van der Waals surface area contributed by atoms with Crippen molar-refractivity contribution in [3.63, 3.8) is 0 Å². The predicted octanol–water partition coefficient (Wildman–Crippen LogP) is 2.30. The Morgan fingerprint density at radius 1 is 1.04 bits per heavy atom. The first-order valence-electron chi connectivity index (χ1n) is 8.46. The lowest BCUT2D eigenvalue weighted by molar-refractivity contribution is 0.0772. The summed E-state index contributed by atoms with van der Waals surface area (Å²) in [5.41, 5.74) is 0.563. The van der Waals surface area contributed by atoms with Gasteiger partial charge in [-0.15, -0.1) is 0 Å². The number of sulfonamides is 1. The number of rotatable bonds is 3. The molecule has 2 fully saturated rings. The standard InChI is InChI=1S/C17H24N2O3S2/c1-14-6-8-19(9-7-14)24(21,22)16-4-2-15(3-5-16)17(20)18-10-12-23-13-11-18/h2-5,14H,6-13H2,1H3. The number of hydrogen-bond acceptors (Lipinski definition) is 4. The summed E-state index contributed by atoms with van der Waals surface area (Å²) in [6.45, 7) is 4.83. The number of amides is 1. The van der Waals surface area contributed by atoms with Gasteiger partial charge in [-0.05, 0) is 43.0 Å². The number of thioether (sulfide) groups is 1. The van der Waals surface area contributed by atoms with Gasteiger partial charge in [0.2, 0.25) is 10.0 Å². The first kappa shape index (κ1) is 17.8. The van der Waals surface area contributed by atoms with Crippen LogP contribution >= 0.6 is 11.8 Å². The highest BCUT2D eigenvalue weighted by Gasteiger charge is 2.28. The Hall–Kier alpha value is -1.05. The van der Waals surface area contributed by atoms with E-state index in [0.29, 0.717) is 24.6 Å². The van der Waals surface area contributed by atoms with Crippen molar-refractivity contribution >= 4 is 27.7 Å². The van der Waals surface area contributed by atoms with Gasteiger partial charge < -0.3 is 4.90 Å². The van der Waals surface area contributed by atoms with Gasteiger partial charge in [0, 0.05) is 43.2 Å². The number of piperidine rings is 1. The molecule has 7 heteroatoms. The zero-order valence-electron chi connectivity index (χ0n) is 14.0. The summed E-state index contributed by atoms with van der Waals surface area (Å²) in [7, 11) is -3.45. The monoisotopic (exact) mass is 368 g/mol. The summed E-state index contributed by atoms with van der Waals surface area (Å²) in [5, 5.41) is 0. The fourth-order valence-electron chi connectivity index (χ4n) is 3.09. The Morgan fingerprint density at radius 3 is 2.21 bits per heavy atom. The zero-order valence-corrected chi connectivity index (χ0v) is 15.6. The van der Waals surface area contributed by atoms with Crippen molar-refractivity contribution in [1.82, 2.24) is 9.21 Å². The van der Waals surface area contributed by atoms with Crippen molar-refractivity contribution in [2.45, 2.75) is 24.7 Å². The molecule has 0 aromatic heterocycles. The van der Waals surface area contributed by atoms with Crippen molar-refractivity contribution in [1.29, 1.82) is 0 Å². The Kier molecular flexibility index (Phi) is 5.52. The second-order valence-corrected chi connectivity index (χ2v) is 9.68. The molecule has 3 rings (SSSR count). The molecule has 24 heavy (non-hydrogen) atoms. The fourth-order valence-corrected chi connectivity index (χ4v) is 5.47. The molecule has 132 valence electrons. The van der Waals surface area contributed by atoms with Gasteiger partial charge in [0.15, 0.2) is 0 Å².